The molecule has 4 nitrogen and oxygen atoms in total. The summed E-state index contributed by atoms with van der Waals surface area (Å²) in [5.74, 6) is 5.59. The third-order valence-corrected chi connectivity index (χ3v) is 1.83. The van der Waals surface area contributed by atoms with Crippen LogP contribution >= 0.6 is 9.47 Å². The fourth-order valence-electron chi connectivity index (χ4n) is 0.949. The van der Waals surface area contributed by atoms with E-state index in [4.69, 9.17) is 15.6 Å². The van der Waals surface area contributed by atoms with E-state index in [2.05, 4.69) is 9.47 Å². The van der Waals surface area contributed by atoms with E-state index < -0.39 is 0 Å². The van der Waals surface area contributed by atoms with Crippen LogP contribution in [0.4, 0.5) is 0 Å². The number of nitrogens with two attached hydrogens (primary N) is 1. The van der Waals surface area contributed by atoms with Gasteiger partial charge < -0.3 is 10.4 Å². The van der Waals surface area contributed by atoms with Crippen LogP contribution < -0.4 is 5.84 Å². The van der Waals surface area contributed by atoms with Crippen LogP contribution in [0.2, 0.25) is 0 Å². The lowest BCUT2D eigenvalue weighted by Gasteiger charge is -2.02. The first kappa shape index (κ1) is 9.05. The van der Waals surface area contributed by atoms with E-state index in [0.717, 1.165) is 5.69 Å². The number of nitrogen functional groups attached to an aromatic ring is 1. The molecule has 0 bridgehead atoms. The summed E-state index contributed by atoms with van der Waals surface area (Å²) in [7, 11) is 2.17. The molecular formula is C7H10N3OP. The Labute approximate surface area is 73.2 Å². The number of nitriles is 1. The quantitative estimate of drug-likeness (QED) is 0.545. The molecule has 0 radical (unpaired) electrons. The van der Waals surface area contributed by atoms with E-state index in [0.29, 0.717) is 18.7 Å². The standard InChI is InChI=1S/C7H10N3OP/c8-5-7-2-1-6(10(7)9)3-4-11-12/h1-2H,3-4,9,12H2. The molecule has 0 amide bonds. The Morgan fingerprint density at radius 3 is 2.92 bits per heavy atom. The molecule has 1 aromatic heterocycles. The lowest BCUT2D eigenvalue weighted by molar-refractivity contribution is 0.373. The van der Waals surface area contributed by atoms with Gasteiger partial charge in [0.25, 0.3) is 0 Å². The first-order chi connectivity index (χ1) is 5.79. The first-order valence-corrected chi connectivity index (χ1v) is 3.94. The van der Waals surface area contributed by atoms with E-state index in [1.54, 1.807) is 6.07 Å². The lowest BCUT2D eigenvalue weighted by atomic mass is 10.3. The molecule has 0 saturated carbocycles. The molecule has 0 fully saturated rings. The molecule has 1 aromatic rings. The van der Waals surface area contributed by atoms with Crippen LogP contribution in [-0.2, 0) is 10.9 Å². The van der Waals surface area contributed by atoms with Crippen molar-refractivity contribution in [2.75, 3.05) is 12.4 Å². The maximum absolute atomic E-state index is 8.57. The topological polar surface area (TPSA) is 64.0 Å². The van der Waals surface area contributed by atoms with Crippen molar-refractivity contribution in [1.82, 2.24) is 4.68 Å². The van der Waals surface area contributed by atoms with Gasteiger partial charge in [-0.25, -0.2) is 0 Å². The fourth-order valence-corrected chi connectivity index (χ4v) is 1.07. The second-order valence-electron chi connectivity index (χ2n) is 2.31. The van der Waals surface area contributed by atoms with Crippen molar-refractivity contribution >= 4 is 9.47 Å². The molecular weight excluding hydrogens is 173 g/mol. The van der Waals surface area contributed by atoms with Crippen LogP contribution in [0.15, 0.2) is 12.1 Å². The van der Waals surface area contributed by atoms with Gasteiger partial charge in [-0.2, -0.15) is 5.26 Å². The summed E-state index contributed by atoms with van der Waals surface area (Å²) >= 11 is 0. The summed E-state index contributed by atoms with van der Waals surface area (Å²) in [6.07, 6.45) is 0.710. The van der Waals surface area contributed by atoms with Crippen LogP contribution in [0.1, 0.15) is 11.4 Å². The van der Waals surface area contributed by atoms with Gasteiger partial charge in [0, 0.05) is 21.6 Å². The van der Waals surface area contributed by atoms with Crippen molar-refractivity contribution in [2.24, 2.45) is 0 Å². The summed E-state index contributed by atoms with van der Waals surface area (Å²) in [5.41, 5.74) is 1.36. The van der Waals surface area contributed by atoms with Crippen molar-refractivity contribution in [3.8, 4) is 6.07 Å². The molecule has 0 saturated heterocycles. The molecule has 0 aliphatic rings. The third kappa shape index (κ3) is 1.76. The van der Waals surface area contributed by atoms with E-state index in [-0.39, 0.29) is 0 Å². The maximum Gasteiger partial charge on any atom is 0.139 e. The molecule has 5 heteroatoms. The second kappa shape index (κ2) is 4.10. The van der Waals surface area contributed by atoms with Crippen LogP contribution in [0, 0.1) is 11.3 Å². The molecule has 64 valence electrons. The molecule has 0 aliphatic heterocycles. The minimum atomic E-state index is 0.466. The number of nitrogens with zero attached hydrogens (tertiary/aromatic N) is 2. The minimum Gasteiger partial charge on any atom is -0.365 e. The normalized spacial score (nSPS) is 9.67. The van der Waals surface area contributed by atoms with Gasteiger partial charge in [0.2, 0.25) is 0 Å². The minimum absolute atomic E-state index is 0.466. The van der Waals surface area contributed by atoms with Gasteiger partial charge in [-0.15, -0.1) is 0 Å². The predicted molar refractivity (Wildman–Crippen MR) is 48.7 cm³/mol. The average molecular weight is 183 g/mol. The zero-order chi connectivity index (χ0) is 8.97. The van der Waals surface area contributed by atoms with Crippen molar-refractivity contribution in [3.05, 3.63) is 23.5 Å². The van der Waals surface area contributed by atoms with Crippen LogP contribution in [0.25, 0.3) is 0 Å². The van der Waals surface area contributed by atoms with Gasteiger partial charge in [0.15, 0.2) is 0 Å². The van der Waals surface area contributed by atoms with Gasteiger partial charge in [-0.05, 0) is 12.1 Å². The smallest absolute Gasteiger partial charge is 0.139 e. The summed E-state index contributed by atoms with van der Waals surface area (Å²) in [6.45, 7) is 0.580. The molecule has 1 atom stereocenters. The predicted octanol–water partition coefficient (Wildman–Crippen LogP) is 0.423. The lowest BCUT2D eigenvalue weighted by Crippen LogP contribution is -2.14. The summed E-state index contributed by atoms with van der Waals surface area (Å²) < 4.78 is 6.19. The average Bonchev–Trinajstić information content (AvgIpc) is 2.43. The Morgan fingerprint density at radius 1 is 1.67 bits per heavy atom. The fraction of sp³-hybridized carbons (Fsp3) is 0.286. The van der Waals surface area contributed by atoms with Crippen molar-refractivity contribution in [3.63, 3.8) is 0 Å². The van der Waals surface area contributed by atoms with Crippen LogP contribution in [0.3, 0.4) is 0 Å². The zero-order valence-electron chi connectivity index (χ0n) is 6.53. The summed E-state index contributed by atoms with van der Waals surface area (Å²) in [6, 6.07) is 5.50. The molecule has 12 heavy (non-hydrogen) atoms. The number of hydrogen-bond acceptors (Lipinski definition) is 3. The number of rotatable bonds is 3. The number of hydrogen-bond donors (Lipinski definition) is 1. The van der Waals surface area contributed by atoms with Crippen molar-refractivity contribution in [1.29, 1.82) is 5.26 Å². The highest BCUT2D eigenvalue weighted by Crippen LogP contribution is 2.05. The molecule has 1 heterocycles. The van der Waals surface area contributed by atoms with Crippen molar-refractivity contribution < 1.29 is 4.52 Å². The SMILES string of the molecule is N#Cc1ccc(CCOP)n1N. The van der Waals surface area contributed by atoms with Gasteiger partial charge in [0.1, 0.15) is 11.8 Å². The van der Waals surface area contributed by atoms with Crippen LogP contribution in [0.5, 0.6) is 0 Å². The van der Waals surface area contributed by atoms with Crippen molar-refractivity contribution in [2.45, 2.75) is 6.42 Å². The monoisotopic (exact) mass is 183 g/mol. The third-order valence-electron chi connectivity index (χ3n) is 1.59. The zero-order valence-corrected chi connectivity index (χ0v) is 7.68. The Kier molecular flexibility index (Phi) is 3.09. The molecule has 1 unspecified atom stereocenters. The van der Waals surface area contributed by atoms with E-state index in [1.165, 1.54) is 4.68 Å². The molecule has 0 aromatic carbocycles. The summed E-state index contributed by atoms with van der Waals surface area (Å²) in [5, 5.41) is 8.57. The highest BCUT2D eigenvalue weighted by atomic mass is 31.0. The van der Waals surface area contributed by atoms with Gasteiger partial charge in [0.05, 0.1) is 6.61 Å². The van der Waals surface area contributed by atoms with Gasteiger partial charge >= 0.3 is 0 Å². The number of aromatic nitrogens is 1. The highest BCUT2D eigenvalue weighted by Gasteiger charge is 2.03. The summed E-state index contributed by atoms with van der Waals surface area (Å²) in [4.78, 5) is 0. The Morgan fingerprint density at radius 2 is 2.42 bits per heavy atom. The Hall–Kier alpha value is -1.04. The van der Waals surface area contributed by atoms with E-state index in [1.807, 2.05) is 12.1 Å². The van der Waals surface area contributed by atoms with Crippen LogP contribution in [-0.4, -0.2) is 11.3 Å². The first-order valence-electron chi connectivity index (χ1n) is 3.47. The second-order valence-corrected chi connectivity index (χ2v) is 2.65. The van der Waals surface area contributed by atoms with E-state index >= 15 is 0 Å². The van der Waals surface area contributed by atoms with Gasteiger partial charge in [-0.1, -0.05) is 0 Å². The Bertz CT molecular complexity index is 302. The molecule has 1 rings (SSSR count). The maximum atomic E-state index is 8.57. The molecule has 0 aliphatic carbocycles. The molecule has 2 N–H and O–H groups in total. The van der Waals surface area contributed by atoms with E-state index in [9.17, 15) is 0 Å². The highest BCUT2D eigenvalue weighted by molar-refractivity contribution is 7.09. The molecule has 0 spiro atoms. The Balaban J connectivity index is 2.75. The van der Waals surface area contributed by atoms with Gasteiger partial charge in [-0.3, -0.25) is 4.68 Å². The largest absolute Gasteiger partial charge is 0.365 e.